The van der Waals surface area contributed by atoms with Gasteiger partial charge in [-0.25, -0.2) is 0 Å². The number of rotatable bonds is 5. The van der Waals surface area contributed by atoms with Gasteiger partial charge in [0.25, 0.3) is 0 Å². The van der Waals surface area contributed by atoms with Crippen LogP contribution in [-0.4, -0.2) is 11.8 Å². The van der Waals surface area contributed by atoms with Crippen molar-refractivity contribution in [2.24, 2.45) is 5.41 Å². The first-order valence-electron chi connectivity index (χ1n) is 7.61. The van der Waals surface area contributed by atoms with Crippen LogP contribution >= 0.6 is 0 Å². The molecule has 25 heavy (non-hydrogen) atoms. The zero-order valence-electron chi connectivity index (χ0n) is 13.0. The van der Waals surface area contributed by atoms with Crippen LogP contribution in [0.15, 0.2) is 47.1 Å². The zero-order chi connectivity index (χ0) is 18.1. The Labute approximate surface area is 141 Å². The van der Waals surface area contributed by atoms with Gasteiger partial charge in [0, 0.05) is 5.69 Å². The van der Waals surface area contributed by atoms with E-state index in [2.05, 4.69) is 10.6 Å². The molecular formula is C17H15F3N2O3. The summed E-state index contributed by atoms with van der Waals surface area (Å²) in [4.78, 5) is 24.6. The van der Waals surface area contributed by atoms with Crippen LogP contribution in [0.3, 0.4) is 0 Å². The summed E-state index contributed by atoms with van der Waals surface area (Å²) in [7, 11) is 0. The van der Waals surface area contributed by atoms with Gasteiger partial charge in [-0.15, -0.1) is 0 Å². The molecule has 0 radical (unpaired) electrons. The van der Waals surface area contributed by atoms with Crippen LogP contribution < -0.4 is 10.6 Å². The Hall–Kier alpha value is -2.77. The van der Waals surface area contributed by atoms with Crippen LogP contribution in [0, 0.1) is 5.41 Å². The summed E-state index contributed by atoms with van der Waals surface area (Å²) in [5.74, 6) is -0.384. The molecule has 1 heterocycles. The number of benzene rings is 1. The van der Waals surface area contributed by atoms with E-state index in [0.717, 1.165) is 24.3 Å². The molecule has 0 spiro atoms. The Morgan fingerprint density at radius 1 is 1.08 bits per heavy atom. The molecule has 1 aliphatic rings. The van der Waals surface area contributed by atoms with Crippen LogP contribution in [0.1, 0.15) is 24.2 Å². The number of furan rings is 1. The zero-order valence-corrected chi connectivity index (χ0v) is 13.0. The lowest BCUT2D eigenvalue weighted by Crippen LogP contribution is -2.39. The van der Waals surface area contributed by atoms with E-state index in [1.54, 1.807) is 12.1 Å². The Balaban J connectivity index is 1.61. The Kier molecular flexibility index (Phi) is 4.28. The molecule has 0 saturated heterocycles. The molecular weight excluding hydrogens is 337 g/mol. The van der Waals surface area contributed by atoms with Gasteiger partial charge in [-0.05, 0) is 49.2 Å². The second-order valence-electron chi connectivity index (χ2n) is 5.87. The Morgan fingerprint density at radius 2 is 1.76 bits per heavy atom. The van der Waals surface area contributed by atoms with Gasteiger partial charge < -0.3 is 15.1 Å². The highest BCUT2D eigenvalue weighted by Gasteiger charge is 2.56. The van der Waals surface area contributed by atoms with E-state index in [1.807, 2.05) is 0 Å². The van der Waals surface area contributed by atoms with Crippen LogP contribution in [0.25, 0.3) is 0 Å². The molecule has 1 aromatic carbocycles. The van der Waals surface area contributed by atoms with E-state index in [0.29, 0.717) is 18.6 Å². The van der Waals surface area contributed by atoms with Crippen LogP contribution in [-0.2, 0) is 22.3 Å². The highest BCUT2D eigenvalue weighted by molar-refractivity contribution is 6.13. The molecule has 2 amide bonds. The quantitative estimate of drug-likeness (QED) is 0.811. The molecule has 0 unspecified atom stereocenters. The third-order valence-corrected chi connectivity index (χ3v) is 4.09. The van der Waals surface area contributed by atoms with Crippen molar-refractivity contribution in [3.05, 3.63) is 54.0 Å². The van der Waals surface area contributed by atoms with Gasteiger partial charge in [0.1, 0.15) is 11.2 Å². The van der Waals surface area contributed by atoms with Crippen molar-refractivity contribution >= 4 is 17.5 Å². The largest absolute Gasteiger partial charge is 0.467 e. The van der Waals surface area contributed by atoms with E-state index >= 15 is 0 Å². The number of alkyl halides is 3. The fourth-order valence-corrected chi connectivity index (χ4v) is 2.43. The van der Waals surface area contributed by atoms with E-state index in [9.17, 15) is 22.8 Å². The van der Waals surface area contributed by atoms with Gasteiger partial charge in [0.15, 0.2) is 0 Å². The summed E-state index contributed by atoms with van der Waals surface area (Å²) in [6.07, 6.45) is -2.18. The van der Waals surface area contributed by atoms with Crippen molar-refractivity contribution in [1.29, 1.82) is 0 Å². The average molecular weight is 352 g/mol. The first-order chi connectivity index (χ1) is 11.8. The number of nitrogens with one attached hydrogen (secondary N) is 2. The minimum Gasteiger partial charge on any atom is -0.467 e. The molecule has 1 saturated carbocycles. The maximum Gasteiger partial charge on any atom is 0.416 e. The molecule has 3 rings (SSSR count). The van der Waals surface area contributed by atoms with Crippen molar-refractivity contribution in [1.82, 2.24) is 5.32 Å². The highest BCUT2D eigenvalue weighted by atomic mass is 19.4. The van der Waals surface area contributed by atoms with Crippen molar-refractivity contribution in [3.63, 3.8) is 0 Å². The number of halogens is 3. The number of hydrogen-bond acceptors (Lipinski definition) is 3. The van der Waals surface area contributed by atoms with E-state index in [-0.39, 0.29) is 12.2 Å². The SMILES string of the molecule is O=C(NCc1ccco1)C1(C(=O)Nc2ccc(C(F)(F)F)cc2)CC1. The monoisotopic (exact) mass is 352 g/mol. The average Bonchev–Trinajstić information content (AvgIpc) is 3.22. The number of hydrogen-bond donors (Lipinski definition) is 2. The summed E-state index contributed by atoms with van der Waals surface area (Å²) < 4.78 is 42.7. The first kappa shape index (κ1) is 17.1. The van der Waals surface area contributed by atoms with Crippen LogP contribution in [0.5, 0.6) is 0 Å². The van der Waals surface area contributed by atoms with Gasteiger partial charge in [-0.1, -0.05) is 0 Å². The third-order valence-electron chi connectivity index (χ3n) is 4.09. The van der Waals surface area contributed by atoms with Gasteiger partial charge in [0.2, 0.25) is 11.8 Å². The molecule has 5 nitrogen and oxygen atoms in total. The lowest BCUT2D eigenvalue weighted by Gasteiger charge is -2.15. The van der Waals surface area contributed by atoms with Gasteiger partial charge in [-0.2, -0.15) is 13.2 Å². The maximum absolute atomic E-state index is 12.5. The van der Waals surface area contributed by atoms with Gasteiger partial charge in [-0.3, -0.25) is 9.59 Å². The summed E-state index contributed by atoms with van der Waals surface area (Å²) >= 11 is 0. The summed E-state index contributed by atoms with van der Waals surface area (Å²) in [5, 5.41) is 5.15. The van der Waals surface area contributed by atoms with Crippen molar-refractivity contribution < 1.29 is 27.2 Å². The molecule has 1 aliphatic carbocycles. The van der Waals surface area contributed by atoms with Crippen molar-refractivity contribution in [3.8, 4) is 0 Å². The minimum atomic E-state index is -4.44. The highest BCUT2D eigenvalue weighted by Crippen LogP contribution is 2.47. The number of anilines is 1. The number of amides is 2. The maximum atomic E-state index is 12.5. The van der Waals surface area contributed by atoms with Crippen molar-refractivity contribution in [2.75, 3.05) is 5.32 Å². The van der Waals surface area contributed by atoms with Crippen molar-refractivity contribution in [2.45, 2.75) is 25.6 Å². The van der Waals surface area contributed by atoms with E-state index < -0.39 is 29.0 Å². The molecule has 2 aromatic rings. The molecule has 1 aromatic heterocycles. The summed E-state index contributed by atoms with van der Waals surface area (Å²) in [5.41, 5.74) is -1.76. The fraction of sp³-hybridized carbons (Fsp3) is 0.294. The smallest absolute Gasteiger partial charge is 0.416 e. The van der Waals surface area contributed by atoms with Crippen LogP contribution in [0.4, 0.5) is 18.9 Å². The standard InChI is InChI=1S/C17H15F3N2O3/c18-17(19,20)11-3-5-12(6-4-11)22-15(24)16(7-8-16)14(23)21-10-13-2-1-9-25-13/h1-6,9H,7-8,10H2,(H,21,23)(H,22,24). The second kappa shape index (κ2) is 6.27. The number of carbonyl (C=O) groups is 2. The van der Waals surface area contributed by atoms with Gasteiger partial charge >= 0.3 is 6.18 Å². The summed E-state index contributed by atoms with van der Waals surface area (Å²) in [6, 6.07) is 7.47. The molecule has 0 aliphatic heterocycles. The predicted molar refractivity (Wildman–Crippen MR) is 82.3 cm³/mol. The molecule has 2 N–H and O–H groups in total. The third kappa shape index (κ3) is 3.67. The molecule has 132 valence electrons. The number of carbonyl (C=O) groups excluding carboxylic acids is 2. The molecule has 1 fully saturated rings. The van der Waals surface area contributed by atoms with Crippen LogP contribution in [0.2, 0.25) is 0 Å². The second-order valence-corrected chi connectivity index (χ2v) is 5.87. The Morgan fingerprint density at radius 3 is 2.28 bits per heavy atom. The van der Waals surface area contributed by atoms with E-state index in [1.165, 1.54) is 6.26 Å². The Bertz CT molecular complexity index is 763. The predicted octanol–water partition coefficient (Wildman–Crippen LogP) is 3.33. The first-order valence-corrected chi connectivity index (χ1v) is 7.61. The topological polar surface area (TPSA) is 71.3 Å². The minimum absolute atomic E-state index is 0.168. The lowest BCUT2D eigenvalue weighted by atomic mass is 10.0. The van der Waals surface area contributed by atoms with E-state index in [4.69, 9.17) is 4.42 Å². The molecule has 0 atom stereocenters. The molecule has 8 heteroatoms. The normalized spacial score (nSPS) is 15.5. The van der Waals surface area contributed by atoms with Gasteiger partial charge in [0.05, 0.1) is 18.4 Å². The summed E-state index contributed by atoms with van der Waals surface area (Å²) in [6.45, 7) is 0.168. The molecule has 0 bridgehead atoms. The fourth-order valence-electron chi connectivity index (χ4n) is 2.43. The lowest BCUT2D eigenvalue weighted by molar-refractivity contribution is -0.137.